The lowest BCUT2D eigenvalue weighted by Crippen LogP contribution is -2.22. The maximum atomic E-state index is 11.3. The van der Waals surface area contributed by atoms with E-state index < -0.39 is 21.7 Å². The maximum absolute atomic E-state index is 11.3. The fourth-order valence-electron chi connectivity index (χ4n) is 1.63. The summed E-state index contributed by atoms with van der Waals surface area (Å²) in [5.74, 6) is -1.81. The average molecular weight is 257 g/mol. The lowest BCUT2D eigenvalue weighted by molar-refractivity contribution is -0.138. The quantitative estimate of drug-likeness (QED) is 0.819. The number of hydrogen-bond donors (Lipinski definition) is 2. The molecule has 0 heterocycles. The first-order valence-electron chi connectivity index (χ1n) is 5.01. The smallest absolute Gasteiger partial charge is 0.312 e. The third-order valence-corrected chi connectivity index (χ3v) is 3.69. The van der Waals surface area contributed by atoms with Crippen LogP contribution in [0.5, 0.6) is 0 Å². The Morgan fingerprint density at radius 2 is 2.06 bits per heavy atom. The molecule has 0 aliphatic carbocycles. The molecule has 0 aromatic heterocycles. The summed E-state index contributed by atoms with van der Waals surface area (Å²) in [6.07, 6.45) is 1.11. The summed E-state index contributed by atoms with van der Waals surface area (Å²) in [5, 5.41) is 8.98. The van der Waals surface area contributed by atoms with Crippen molar-refractivity contribution in [1.82, 2.24) is 0 Å². The Labute approximate surface area is 100 Å². The number of carbonyl (C=O) groups is 1. The lowest BCUT2D eigenvalue weighted by Gasteiger charge is -2.13. The van der Waals surface area contributed by atoms with Crippen LogP contribution in [-0.4, -0.2) is 32.3 Å². The second-order valence-corrected chi connectivity index (χ2v) is 5.93. The summed E-state index contributed by atoms with van der Waals surface area (Å²) in [6, 6.07) is 4.39. The summed E-state index contributed by atoms with van der Waals surface area (Å²) in [7, 11) is -3.27. The molecule has 0 bridgehead atoms. The zero-order valence-corrected chi connectivity index (χ0v) is 10.5. The van der Waals surface area contributed by atoms with Crippen LogP contribution in [0, 0.1) is 6.92 Å². The molecule has 0 aliphatic rings. The molecule has 0 amide bonds. The van der Waals surface area contributed by atoms with E-state index in [9.17, 15) is 13.2 Å². The standard InChI is InChI=1S/C11H15NO4S/c1-7-5-8(17(2,15)16)3-4-9(7)10(6-12)11(13)14/h3-5,10H,6,12H2,1-2H3,(H,13,14). The molecule has 0 aliphatic heterocycles. The van der Waals surface area contributed by atoms with Crippen LogP contribution in [0.25, 0.3) is 0 Å². The van der Waals surface area contributed by atoms with E-state index in [2.05, 4.69) is 0 Å². The Kier molecular flexibility index (Phi) is 3.90. The highest BCUT2D eigenvalue weighted by atomic mass is 32.2. The van der Waals surface area contributed by atoms with Crippen LogP contribution < -0.4 is 5.73 Å². The normalized spacial score (nSPS) is 13.4. The molecule has 0 spiro atoms. The molecular formula is C11H15NO4S. The fourth-order valence-corrected chi connectivity index (χ4v) is 2.34. The first-order chi connectivity index (χ1) is 7.77. The highest BCUT2D eigenvalue weighted by Crippen LogP contribution is 2.22. The minimum absolute atomic E-state index is 0.0194. The molecule has 0 saturated heterocycles. The Hall–Kier alpha value is -1.40. The van der Waals surface area contributed by atoms with Gasteiger partial charge in [-0.2, -0.15) is 0 Å². The maximum Gasteiger partial charge on any atom is 0.312 e. The van der Waals surface area contributed by atoms with E-state index in [-0.39, 0.29) is 11.4 Å². The van der Waals surface area contributed by atoms with E-state index in [0.29, 0.717) is 11.1 Å². The Bertz CT molecular complexity index is 536. The van der Waals surface area contributed by atoms with Crippen molar-refractivity contribution >= 4 is 15.8 Å². The van der Waals surface area contributed by atoms with E-state index >= 15 is 0 Å². The zero-order valence-electron chi connectivity index (χ0n) is 9.67. The molecule has 0 fully saturated rings. The van der Waals surface area contributed by atoms with Crippen LogP contribution in [0.4, 0.5) is 0 Å². The van der Waals surface area contributed by atoms with E-state index in [1.165, 1.54) is 18.2 Å². The SMILES string of the molecule is Cc1cc(S(C)(=O)=O)ccc1C(CN)C(=O)O. The Morgan fingerprint density at radius 1 is 1.47 bits per heavy atom. The molecule has 1 rings (SSSR count). The molecule has 5 nitrogen and oxygen atoms in total. The zero-order chi connectivity index (χ0) is 13.2. The molecule has 1 aromatic rings. The number of carboxylic acids is 1. The van der Waals surface area contributed by atoms with Crippen molar-refractivity contribution in [3.63, 3.8) is 0 Å². The summed E-state index contributed by atoms with van der Waals surface area (Å²) in [5.41, 5.74) is 6.56. The number of aliphatic carboxylic acids is 1. The molecule has 0 saturated carbocycles. The van der Waals surface area contributed by atoms with Crippen molar-refractivity contribution in [2.45, 2.75) is 17.7 Å². The Morgan fingerprint density at radius 3 is 2.41 bits per heavy atom. The summed E-state index contributed by atoms with van der Waals surface area (Å²) in [6.45, 7) is 1.66. The Balaban J connectivity index is 3.27. The predicted molar refractivity (Wildman–Crippen MR) is 63.7 cm³/mol. The van der Waals surface area contributed by atoms with Gasteiger partial charge in [0, 0.05) is 12.8 Å². The van der Waals surface area contributed by atoms with Gasteiger partial charge in [0.2, 0.25) is 0 Å². The first-order valence-corrected chi connectivity index (χ1v) is 6.90. The largest absolute Gasteiger partial charge is 0.481 e. The highest BCUT2D eigenvalue weighted by Gasteiger charge is 2.20. The number of benzene rings is 1. The minimum Gasteiger partial charge on any atom is -0.481 e. The molecule has 3 N–H and O–H groups in total. The van der Waals surface area contributed by atoms with Crippen molar-refractivity contribution in [2.24, 2.45) is 5.73 Å². The number of aryl methyl sites for hydroxylation is 1. The molecule has 17 heavy (non-hydrogen) atoms. The van der Waals surface area contributed by atoms with Crippen LogP contribution in [0.3, 0.4) is 0 Å². The van der Waals surface area contributed by atoms with E-state index in [4.69, 9.17) is 10.8 Å². The van der Waals surface area contributed by atoms with Gasteiger partial charge >= 0.3 is 5.97 Å². The molecule has 1 aromatic carbocycles. The van der Waals surface area contributed by atoms with Gasteiger partial charge in [0.1, 0.15) is 0 Å². The second kappa shape index (κ2) is 4.85. The topological polar surface area (TPSA) is 97.5 Å². The fraction of sp³-hybridized carbons (Fsp3) is 0.364. The van der Waals surface area contributed by atoms with Gasteiger partial charge in [-0.05, 0) is 30.2 Å². The minimum atomic E-state index is -3.27. The van der Waals surface area contributed by atoms with Crippen molar-refractivity contribution in [2.75, 3.05) is 12.8 Å². The van der Waals surface area contributed by atoms with Gasteiger partial charge in [0.05, 0.1) is 10.8 Å². The van der Waals surface area contributed by atoms with Gasteiger partial charge in [-0.1, -0.05) is 6.07 Å². The number of rotatable bonds is 4. The second-order valence-electron chi connectivity index (χ2n) is 3.92. The summed E-state index contributed by atoms with van der Waals surface area (Å²) < 4.78 is 22.7. The van der Waals surface area contributed by atoms with Crippen LogP contribution in [0.1, 0.15) is 17.0 Å². The number of nitrogens with two attached hydrogens (primary N) is 1. The summed E-state index contributed by atoms with van der Waals surface area (Å²) in [4.78, 5) is 11.1. The lowest BCUT2D eigenvalue weighted by atomic mass is 9.95. The van der Waals surface area contributed by atoms with Crippen molar-refractivity contribution in [1.29, 1.82) is 0 Å². The molecule has 1 unspecified atom stereocenters. The molecular weight excluding hydrogens is 242 g/mol. The third kappa shape index (κ3) is 3.04. The van der Waals surface area contributed by atoms with E-state index in [0.717, 1.165) is 6.26 Å². The monoisotopic (exact) mass is 257 g/mol. The highest BCUT2D eigenvalue weighted by molar-refractivity contribution is 7.90. The molecule has 1 atom stereocenters. The number of hydrogen-bond acceptors (Lipinski definition) is 4. The van der Waals surface area contributed by atoms with Crippen LogP contribution in [-0.2, 0) is 14.6 Å². The third-order valence-electron chi connectivity index (χ3n) is 2.58. The van der Waals surface area contributed by atoms with Gasteiger partial charge in [-0.3, -0.25) is 4.79 Å². The molecule has 0 radical (unpaired) electrons. The van der Waals surface area contributed by atoms with Crippen molar-refractivity contribution in [3.8, 4) is 0 Å². The van der Waals surface area contributed by atoms with Gasteiger partial charge in [-0.15, -0.1) is 0 Å². The average Bonchev–Trinajstić information content (AvgIpc) is 2.19. The predicted octanol–water partition coefficient (Wildman–Crippen LogP) is 0.525. The molecule has 6 heteroatoms. The van der Waals surface area contributed by atoms with E-state index in [1.807, 2.05) is 0 Å². The molecule has 94 valence electrons. The summed E-state index contributed by atoms with van der Waals surface area (Å²) >= 11 is 0. The number of sulfone groups is 1. The van der Waals surface area contributed by atoms with Crippen LogP contribution >= 0.6 is 0 Å². The number of carboxylic acid groups (broad SMARTS) is 1. The van der Waals surface area contributed by atoms with Gasteiger partial charge < -0.3 is 10.8 Å². The van der Waals surface area contributed by atoms with Crippen molar-refractivity contribution in [3.05, 3.63) is 29.3 Å². The van der Waals surface area contributed by atoms with Gasteiger partial charge in [0.25, 0.3) is 0 Å². The van der Waals surface area contributed by atoms with Gasteiger partial charge in [-0.25, -0.2) is 8.42 Å². The van der Waals surface area contributed by atoms with Crippen LogP contribution in [0.15, 0.2) is 23.1 Å². The van der Waals surface area contributed by atoms with Crippen molar-refractivity contribution < 1.29 is 18.3 Å². The van der Waals surface area contributed by atoms with E-state index in [1.54, 1.807) is 6.92 Å². The first kappa shape index (κ1) is 13.7. The van der Waals surface area contributed by atoms with Crippen LogP contribution in [0.2, 0.25) is 0 Å². The van der Waals surface area contributed by atoms with Gasteiger partial charge in [0.15, 0.2) is 9.84 Å².